The van der Waals surface area contributed by atoms with Crippen LogP contribution in [0.3, 0.4) is 0 Å². The monoisotopic (exact) mass is 309 g/mol. The Morgan fingerprint density at radius 2 is 2.08 bits per heavy atom. The van der Waals surface area contributed by atoms with E-state index in [1.807, 2.05) is 0 Å². The van der Waals surface area contributed by atoms with Gasteiger partial charge in [0.05, 0.1) is 14.7 Å². The maximum atomic E-state index is 13.0. The molecule has 1 aromatic carbocycles. The first-order chi connectivity index (χ1) is 5.68. The highest BCUT2D eigenvalue weighted by Crippen LogP contribution is 2.32. The summed E-state index contributed by atoms with van der Waals surface area (Å²) < 4.78 is 15.1. The minimum Gasteiger partial charge on any atom is -0.228 e. The lowest BCUT2D eigenvalue weighted by Gasteiger charge is -1.92. The Labute approximate surface area is 88.9 Å². The molecule has 0 saturated carbocycles. The highest BCUT2D eigenvalue weighted by molar-refractivity contribution is 9.11. The third-order valence-electron chi connectivity index (χ3n) is 1.43. The molecule has 12 heavy (non-hydrogen) atoms. The zero-order valence-corrected chi connectivity index (χ0v) is 9.63. The SMILES string of the molecule is Fc1ccc2sc(Br)nc2c1Br. The summed E-state index contributed by atoms with van der Waals surface area (Å²) in [5.74, 6) is -0.277. The van der Waals surface area contributed by atoms with E-state index in [1.165, 1.54) is 17.4 Å². The number of aromatic nitrogens is 1. The quantitative estimate of drug-likeness (QED) is 0.718. The molecule has 0 bridgehead atoms. The van der Waals surface area contributed by atoms with Crippen molar-refractivity contribution in [3.63, 3.8) is 0 Å². The smallest absolute Gasteiger partial charge is 0.160 e. The molecule has 1 aromatic heterocycles. The molecule has 2 rings (SSSR count). The molecule has 0 unspecified atom stereocenters. The van der Waals surface area contributed by atoms with Crippen LogP contribution in [0.2, 0.25) is 0 Å². The van der Waals surface area contributed by atoms with Gasteiger partial charge in [-0.15, -0.1) is 11.3 Å². The fourth-order valence-electron chi connectivity index (χ4n) is 0.910. The molecule has 0 amide bonds. The predicted molar refractivity (Wildman–Crippen MR) is 55.0 cm³/mol. The lowest BCUT2D eigenvalue weighted by atomic mass is 10.3. The number of hydrogen-bond acceptors (Lipinski definition) is 2. The van der Waals surface area contributed by atoms with Gasteiger partial charge in [-0.05, 0) is 44.0 Å². The number of nitrogens with zero attached hydrogens (tertiary/aromatic N) is 1. The molecule has 0 N–H and O–H groups in total. The molecule has 0 aliphatic rings. The van der Waals surface area contributed by atoms with Crippen molar-refractivity contribution in [3.8, 4) is 0 Å². The van der Waals surface area contributed by atoms with E-state index in [4.69, 9.17) is 0 Å². The van der Waals surface area contributed by atoms with Crippen molar-refractivity contribution in [2.45, 2.75) is 0 Å². The fourth-order valence-corrected chi connectivity index (χ4v) is 2.88. The van der Waals surface area contributed by atoms with E-state index >= 15 is 0 Å². The van der Waals surface area contributed by atoms with Crippen LogP contribution in [-0.4, -0.2) is 4.98 Å². The Kier molecular flexibility index (Phi) is 2.18. The second-order valence-corrected chi connectivity index (χ2v) is 5.27. The van der Waals surface area contributed by atoms with Gasteiger partial charge >= 0.3 is 0 Å². The van der Waals surface area contributed by atoms with Gasteiger partial charge in [-0.2, -0.15) is 0 Å². The number of halogens is 3. The van der Waals surface area contributed by atoms with E-state index in [9.17, 15) is 4.39 Å². The maximum Gasteiger partial charge on any atom is 0.160 e. The second-order valence-electron chi connectivity index (χ2n) is 2.17. The van der Waals surface area contributed by atoms with Gasteiger partial charge < -0.3 is 0 Å². The van der Waals surface area contributed by atoms with E-state index < -0.39 is 0 Å². The molecule has 0 aliphatic heterocycles. The molecular weight excluding hydrogens is 309 g/mol. The first-order valence-corrected chi connectivity index (χ1v) is 5.49. The lowest BCUT2D eigenvalue weighted by molar-refractivity contribution is 0.623. The molecule has 1 nitrogen and oxygen atoms in total. The van der Waals surface area contributed by atoms with Crippen molar-refractivity contribution in [2.75, 3.05) is 0 Å². The zero-order valence-electron chi connectivity index (χ0n) is 5.64. The van der Waals surface area contributed by atoms with Gasteiger partial charge in [0.1, 0.15) is 5.82 Å². The number of benzene rings is 1. The van der Waals surface area contributed by atoms with Crippen LogP contribution in [0.25, 0.3) is 10.2 Å². The first-order valence-electron chi connectivity index (χ1n) is 3.08. The van der Waals surface area contributed by atoms with Gasteiger partial charge in [-0.25, -0.2) is 9.37 Å². The Balaban J connectivity index is 2.89. The highest BCUT2D eigenvalue weighted by atomic mass is 79.9. The van der Waals surface area contributed by atoms with Gasteiger partial charge in [0.2, 0.25) is 0 Å². The molecule has 2 aromatic rings. The molecule has 0 atom stereocenters. The fraction of sp³-hybridized carbons (Fsp3) is 0. The van der Waals surface area contributed by atoms with E-state index in [0.29, 0.717) is 9.99 Å². The van der Waals surface area contributed by atoms with Crippen molar-refractivity contribution in [1.29, 1.82) is 0 Å². The van der Waals surface area contributed by atoms with Gasteiger partial charge in [0, 0.05) is 0 Å². The zero-order chi connectivity index (χ0) is 8.72. The largest absolute Gasteiger partial charge is 0.228 e. The standard InChI is InChI=1S/C7H2Br2FNS/c8-5-3(10)1-2-4-6(5)11-7(9)12-4/h1-2H. The molecule has 0 aliphatic carbocycles. The molecule has 5 heteroatoms. The summed E-state index contributed by atoms with van der Waals surface area (Å²) in [5.41, 5.74) is 0.673. The Morgan fingerprint density at radius 3 is 2.83 bits per heavy atom. The van der Waals surface area contributed by atoms with E-state index in [2.05, 4.69) is 36.8 Å². The third kappa shape index (κ3) is 1.30. The lowest BCUT2D eigenvalue weighted by Crippen LogP contribution is -1.77. The molecule has 0 radical (unpaired) electrons. The minimum atomic E-state index is -0.277. The second kappa shape index (κ2) is 3.05. The van der Waals surface area contributed by atoms with Gasteiger partial charge in [-0.1, -0.05) is 0 Å². The molecule has 1 heterocycles. The predicted octanol–water partition coefficient (Wildman–Crippen LogP) is 3.96. The average molecular weight is 311 g/mol. The van der Waals surface area contributed by atoms with Crippen molar-refractivity contribution in [1.82, 2.24) is 4.98 Å². The summed E-state index contributed by atoms with van der Waals surface area (Å²) in [6.45, 7) is 0. The van der Waals surface area contributed by atoms with E-state index in [-0.39, 0.29) is 5.82 Å². The van der Waals surface area contributed by atoms with Crippen molar-refractivity contribution < 1.29 is 4.39 Å². The van der Waals surface area contributed by atoms with Crippen LogP contribution < -0.4 is 0 Å². The average Bonchev–Trinajstić information content (AvgIpc) is 2.39. The Morgan fingerprint density at radius 1 is 1.33 bits per heavy atom. The topological polar surface area (TPSA) is 12.9 Å². The van der Waals surface area contributed by atoms with Crippen molar-refractivity contribution >= 4 is 53.4 Å². The first kappa shape index (κ1) is 8.59. The number of rotatable bonds is 0. The molecule has 0 spiro atoms. The highest BCUT2D eigenvalue weighted by Gasteiger charge is 2.08. The number of fused-ring (bicyclic) bond motifs is 1. The van der Waals surface area contributed by atoms with Gasteiger partial charge in [-0.3, -0.25) is 0 Å². The Hall–Kier alpha value is -0.000000000000000167. The normalized spacial score (nSPS) is 10.9. The maximum absolute atomic E-state index is 13.0. The van der Waals surface area contributed by atoms with Crippen LogP contribution in [0.1, 0.15) is 0 Å². The molecule has 0 fully saturated rings. The van der Waals surface area contributed by atoms with Crippen LogP contribution in [0.5, 0.6) is 0 Å². The Bertz CT molecular complexity index is 440. The minimum absolute atomic E-state index is 0.277. The van der Waals surface area contributed by atoms with E-state index in [1.54, 1.807) is 6.07 Å². The van der Waals surface area contributed by atoms with Crippen molar-refractivity contribution in [2.24, 2.45) is 0 Å². The third-order valence-corrected chi connectivity index (χ3v) is 3.65. The van der Waals surface area contributed by atoms with Crippen LogP contribution >= 0.6 is 43.2 Å². The molecule has 62 valence electrons. The van der Waals surface area contributed by atoms with Crippen LogP contribution in [0.4, 0.5) is 4.39 Å². The summed E-state index contributed by atoms with van der Waals surface area (Å²) in [5, 5.41) is 0. The summed E-state index contributed by atoms with van der Waals surface area (Å²) in [6.07, 6.45) is 0. The van der Waals surface area contributed by atoms with Crippen LogP contribution in [-0.2, 0) is 0 Å². The van der Waals surface area contributed by atoms with Crippen molar-refractivity contribution in [3.05, 3.63) is 26.3 Å². The van der Waals surface area contributed by atoms with Gasteiger partial charge in [0.25, 0.3) is 0 Å². The van der Waals surface area contributed by atoms with E-state index in [0.717, 1.165) is 8.62 Å². The number of hydrogen-bond donors (Lipinski definition) is 0. The summed E-state index contributed by atoms with van der Waals surface area (Å²) >= 11 is 7.87. The summed E-state index contributed by atoms with van der Waals surface area (Å²) in [4.78, 5) is 4.12. The van der Waals surface area contributed by atoms with Crippen LogP contribution in [0.15, 0.2) is 20.5 Å². The number of thiazole rings is 1. The summed E-state index contributed by atoms with van der Waals surface area (Å²) in [6, 6.07) is 3.15. The van der Waals surface area contributed by atoms with Crippen LogP contribution in [0, 0.1) is 5.82 Å². The molecular formula is C7H2Br2FNS. The summed E-state index contributed by atoms with van der Waals surface area (Å²) in [7, 11) is 0. The van der Waals surface area contributed by atoms with Gasteiger partial charge in [0.15, 0.2) is 3.92 Å². The molecule has 0 saturated heterocycles.